The van der Waals surface area contributed by atoms with Crippen molar-refractivity contribution in [2.24, 2.45) is 0 Å². The molecule has 1 saturated heterocycles. The molecule has 6 nitrogen and oxygen atoms in total. The molecule has 0 aliphatic carbocycles. The van der Waals surface area contributed by atoms with Crippen molar-refractivity contribution < 1.29 is 13.9 Å². The standard InChI is InChI=1S/C22H23FN4O2/c1-2-29-20-6-4-3-5-18(20)22(28)24-17-11-12-27(14-17)21-13-19(25-26-21)15-7-9-16(23)10-8-15/h3-10,13,17H,2,11-12,14H2,1H3,(H,24,28)(H,25,26)/t17-/m1/s1. The summed E-state index contributed by atoms with van der Waals surface area (Å²) in [5.74, 6) is 1.02. The van der Waals surface area contributed by atoms with Crippen LogP contribution >= 0.6 is 0 Å². The zero-order chi connectivity index (χ0) is 20.2. The highest BCUT2D eigenvalue weighted by Crippen LogP contribution is 2.25. The van der Waals surface area contributed by atoms with Gasteiger partial charge in [-0.25, -0.2) is 4.39 Å². The second-order valence-corrected chi connectivity index (χ2v) is 6.98. The number of aromatic amines is 1. The quantitative estimate of drug-likeness (QED) is 0.670. The van der Waals surface area contributed by atoms with E-state index in [2.05, 4.69) is 20.4 Å². The molecule has 1 atom stereocenters. The van der Waals surface area contributed by atoms with E-state index in [9.17, 15) is 9.18 Å². The second kappa shape index (κ2) is 8.34. The van der Waals surface area contributed by atoms with Gasteiger partial charge >= 0.3 is 0 Å². The minimum atomic E-state index is -0.266. The molecule has 7 heteroatoms. The first-order valence-electron chi connectivity index (χ1n) is 9.73. The molecular formula is C22H23FN4O2. The number of rotatable bonds is 6. The van der Waals surface area contributed by atoms with Crippen molar-refractivity contribution in [3.05, 3.63) is 66.0 Å². The summed E-state index contributed by atoms with van der Waals surface area (Å²) in [6.45, 7) is 3.88. The molecule has 2 aromatic carbocycles. The van der Waals surface area contributed by atoms with Gasteiger partial charge in [-0.05, 0) is 55.3 Å². The Balaban J connectivity index is 1.40. The maximum atomic E-state index is 13.1. The smallest absolute Gasteiger partial charge is 0.255 e. The van der Waals surface area contributed by atoms with Gasteiger partial charge in [0.1, 0.15) is 11.6 Å². The van der Waals surface area contributed by atoms with Crippen molar-refractivity contribution in [1.29, 1.82) is 0 Å². The Morgan fingerprint density at radius 2 is 2.07 bits per heavy atom. The van der Waals surface area contributed by atoms with Crippen LogP contribution < -0.4 is 15.0 Å². The Hall–Kier alpha value is -3.35. The molecule has 0 saturated carbocycles. The number of aromatic nitrogens is 2. The fourth-order valence-electron chi connectivity index (χ4n) is 3.54. The molecule has 0 bridgehead atoms. The predicted octanol–water partition coefficient (Wildman–Crippen LogP) is 3.62. The van der Waals surface area contributed by atoms with Crippen LogP contribution in [0.15, 0.2) is 54.6 Å². The van der Waals surface area contributed by atoms with Gasteiger partial charge < -0.3 is 15.0 Å². The van der Waals surface area contributed by atoms with E-state index in [1.54, 1.807) is 24.3 Å². The molecule has 29 heavy (non-hydrogen) atoms. The normalized spacial score (nSPS) is 16.1. The fraction of sp³-hybridized carbons (Fsp3) is 0.273. The molecule has 0 spiro atoms. The molecule has 0 unspecified atom stereocenters. The predicted molar refractivity (Wildman–Crippen MR) is 110 cm³/mol. The molecular weight excluding hydrogens is 371 g/mol. The van der Waals surface area contributed by atoms with E-state index in [1.165, 1.54) is 12.1 Å². The number of hydrogen-bond donors (Lipinski definition) is 2. The summed E-state index contributed by atoms with van der Waals surface area (Å²) in [4.78, 5) is 14.8. The van der Waals surface area contributed by atoms with Crippen LogP contribution in [-0.4, -0.2) is 41.8 Å². The third-order valence-corrected chi connectivity index (χ3v) is 5.00. The van der Waals surface area contributed by atoms with Crippen molar-refractivity contribution in [2.45, 2.75) is 19.4 Å². The monoisotopic (exact) mass is 394 g/mol. The van der Waals surface area contributed by atoms with Crippen LogP contribution in [0.1, 0.15) is 23.7 Å². The number of carbonyl (C=O) groups excluding carboxylic acids is 1. The topological polar surface area (TPSA) is 70.2 Å². The van der Waals surface area contributed by atoms with Gasteiger partial charge in [-0.3, -0.25) is 9.89 Å². The van der Waals surface area contributed by atoms with Crippen LogP contribution in [-0.2, 0) is 0 Å². The van der Waals surface area contributed by atoms with Crippen LogP contribution in [0.5, 0.6) is 5.75 Å². The third-order valence-electron chi connectivity index (χ3n) is 5.00. The molecule has 2 N–H and O–H groups in total. The minimum absolute atomic E-state index is 0.0307. The number of ether oxygens (including phenoxy) is 1. The lowest BCUT2D eigenvalue weighted by molar-refractivity contribution is 0.0936. The van der Waals surface area contributed by atoms with Crippen molar-refractivity contribution >= 4 is 11.7 Å². The highest BCUT2D eigenvalue weighted by Gasteiger charge is 2.26. The van der Waals surface area contributed by atoms with Gasteiger partial charge in [0.2, 0.25) is 0 Å². The van der Waals surface area contributed by atoms with E-state index >= 15 is 0 Å². The lowest BCUT2D eigenvalue weighted by Crippen LogP contribution is -2.37. The number of H-pyrrole nitrogens is 1. The van der Waals surface area contributed by atoms with Crippen LogP contribution in [0.3, 0.4) is 0 Å². The Bertz CT molecular complexity index is 986. The first kappa shape index (κ1) is 19.0. The number of nitrogens with zero attached hydrogens (tertiary/aromatic N) is 2. The molecule has 3 aromatic rings. The SMILES string of the molecule is CCOc1ccccc1C(=O)N[C@@H]1CCN(c2cc(-c3ccc(F)cc3)[nH]n2)C1. The number of carbonyl (C=O) groups is 1. The average Bonchev–Trinajstić information content (AvgIpc) is 3.39. The van der Waals surface area contributed by atoms with Crippen LogP contribution in [0.25, 0.3) is 11.3 Å². The van der Waals surface area contributed by atoms with E-state index in [-0.39, 0.29) is 17.8 Å². The van der Waals surface area contributed by atoms with Crippen LogP contribution in [0, 0.1) is 5.82 Å². The maximum absolute atomic E-state index is 13.1. The number of para-hydroxylation sites is 1. The van der Waals surface area contributed by atoms with Crippen LogP contribution in [0.2, 0.25) is 0 Å². The zero-order valence-corrected chi connectivity index (χ0v) is 16.2. The first-order chi connectivity index (χ1) is 14.1. The van der Waals surface area contributed by atoms with Crippen molar-refractivity contribution in [1.82, 2.24) is 15.5 Å². The molecule has 150 valence electrons. The van der Waals surface area contributed by atoms with Gasteiger partial charge in [0, 0.05) is 25.2 Å². The van der Waals surface area contributed by atoms with Gasteiger partial charge in [0.15, 0.2) is 5.82 Å². The van der Waals surface area contributed by atoms with E-state index < -0.39 is 0 Å². The second-order valence-electron chi connectivity index (χ2n) is 6.98. The van der Waals surface area contributed by atoms with Gasteiger partial charge in [-0.1, -0.05) is 12.1 Å². The summed E-state index contributed by atoms with van der Waals surface area (Å²) in [7, 11) is 0. The molecule has 1 amide bonds. The van der Waals surface area contributed by atoms with Crippen molar-refractivity contribution in [3.8, 4) is 17.0 Å². The van der Waals surface area contributed by atoms with E-state index in [1.807, 2.05) is 25.1 Å². The summed E-state index contributed by atoms with van der Waals surface area (Å²) < 4.78 is 18.7. The first-order valence-corrected chi connectivity index (χ1v) is 9.73. The molecule has 4 rings (SSSR count). The maximum Gasteiger partial charge on any atom is 0.255 e. The molecule has 1 fully saturated rings. The summed E-state index contributed by atoms with van der Waals surface area (Å²) in [6.07, 6.45) is 0.835. The number of amides is 1. The van der Waals surface area contributed by atoms with Crippen LogP contribution in [0.4, 0.5) is 10.2 Å². The number of nitrogens with one attached hydrogen (secondary N) is 2. The lowest BCUT2D eigenvalue weighted by Gasteiger charge is -2.17. The van der Waals surface area contributed by atoms with E-state index in [0.717, 1.165) is 30.0 Å². The summed E-state index contributed by atoms with van der Waals surface area (Å²) in [5, 5.41) is 10.5. The Labute approximate surface area is 168 Å². The fourth-order valence-corrected chi connectivity index (χ4v) is 3.54. The van der Waals surface area contributed by atoms with E-state index in [4.69, 9.17) is 4.74 Å². The highest BCUT2D eigenvalue weighted by atomic mass is 19.1. The Morgan fingerprint density at radius 3 is 2.86 bits per heavy atom. The summed E-state index contributed by atoms with van der Waals surface area (Å²) in [6, 6.07) is 15.5. The molecule has 2 heterocycles. The van der Waals surface area contributed by atoms with Crippen molar-refractivity contribution in [3.63, 3.8) is 0 Å². The lowest BCUT2D eigenvalue weighted by atomic mass is 10.1. The molecule has 1 aromatic heterocycles. The Kier molecular flexibility index (Phi) is 5.46. The third kappa shape index (κ3) is 4.23. The number of hydrogen-bond acceptors (Lipinski definition) is 4. The summed E-state index contributed by atoms with van der Waals surface area (Å²) in [5.41, 5.74) is 2.26. The zero-order valence-electron chi connectivity index (χ0n) is 16.2. The number of halogens is 1. The number of benzene rings is 2. The molecule has 0 radical (unpaired) electrons. The van der Waals surface area contributed by atoms with Gasteiger partial charge in [-0.2, -0.15) is 5.10 Å². The van der Waals surface area contributed by atoms with Gasteiger partial charge in [-0.15, -0.1) is 0 Å². The summed E-state index contributed by atoms with van der Waals surface area (Å²) >= 11 is 0. The van der Waals surface area contributed by atoms with Crippen molar-refractivity contribution in [2.75, 3.05) is 24.6 Å². The average molecular weight is 394 g/mol. The van der Waals surface area contributed by atoms with E-state index in [0.29, 0.717) is 24.5 Å². The number of anilines is 1. The molecule has 1 aliphatic rings. The Morgan fingerprint density at radius 1 is 1.28 bits per heavy atom. The molecule has 1 aliphatic heterocycles. The van der Waals surface area contributed by atoms with Gasteiger partial charge in [0.25, 0.3) is 5.91 Å². The highest BCUT2D eigenvalue weighted by molar-refractivity contribution is 5.97. The largest absolute Gasteiger partial charge is 0.493 e. The minimum Gasteiger partial charge on any atom is -0.493 e. The van der Waals surface area contributed by atoms with Gasteiger partial charge in [0.05, 0.1) is 17.9 Å².